The van der Waals surface area contributed by atoms with Crippen LogP contribution in [0.3, 0.4) is 0 Å². The maximum atomic E-state index is 13.3. The molecule has 1 heterocycles. The summed E-state index contributed by atoms with van der Waals surface area (Å²) in [5.74, 6) is 0.638. The van der Waals surface area contributed by atoms with Gasteiger partial charge in [-0.15, -0.1) is 0 Å². The van der Waals surface area contributed by atoms with Gasteiger partial charge in [0.25, 0.3) is 10.0 Å². The first-order valence-electron chi connectivity index (χ1n) is 9.32. The van der Waals surface area contributed by atoms with Crippen LogP contribution in [-0.4, -0.2) is 66.1 Å². The number of morpholine rings is 1. The Balaban J connectivity index is 1.85. The molecule has 7 nitrogen and oxygen atoms in total. The number of ether oxygens (including phenoxy) is 2. The second-order valence-corrected chi connectivity index (χ2v) is 8.63. The Labute approximate surface area is 166 Å². The molecule has 1 atom stereocenters. The zero-order valence-corrected chi connectivity index (χ0v) is 16.8. The van der Waals surface area contributed by atoms with E-state index in [4.69, 9.17) is 9.47 Å². The maximum Gasteiger partial charge on any atom is 0.264 e. The van der Waals surface area contributed by atoms with Gasteiger partial charge in [-0.3, -0.25) is 4.31 Å². The minimum Gasteiger partial charge on any atom is -0.497 e. The summed E-state index contributed by atoms with van der Waals surface area (Å²) in [6.45, 7) is 3.39. The van der Waals surface area contributed by atoms with E-state index in [1.165, 1.54) is 9.21 Å². The van der Waals surface area contributed by atoms with Crippen molar-refractivity contribution < 1.29 is 27.9 Å². The third-order valence-electron chi connectivity index (χ3n) is 4.79. The first-order valence-corrected chi connectivity index (χ1v) is 10.8. The third kappa shape index (κ3) is 5.02. The Bertz CT molecular complexity index is 837. The summed E-state index contributed by atoms with van der Waals surface area (Å²) in [6.07, 6.45) is -0.798. The number of benzene rings is 2. The van der Waals surface area contributed by atoms with Gasteiger partial charge in [-0.05, 0) is 36.4 Å². The number of sulfonamides is 1. The molecule has 1 aliphatic rings. The summed E-state index contributed by atoms with van der Waals surface area (Å²) in [5, 5.41) is 10.7. The number of aliphatic hydroxyl groups excluding tert-OH is 1. The molecule has 2 aromatic rings. The number of methoxy groups -OCH3 is 1. The van der Waals surface area contributed by atoms with Crippen molar-refractivity contribution in [1.82, 2.24) is 0 Å². The molecule has 0 aliphatic carbocycles. The van der Waals surface area contributed by atoms with Crippen LogP contribution in [0.15, 0.2) is 59.5 Å². The van der Waals surface area contributed by atoms with E-state index >= 15 is 0 Å². The van der Waals surface area contributed by atoms with Crippen LogP contribution in [0, 0.1) is 0 Å². The van der Waals surface area contributed by atoms with Crippen LogP contribution in [0.25, 0.3) is 0 Å². The summed E-state index contributed by atoms with van der Waals surface area (Å²) in [5.41, 5.74) is 0.487. The van der Waals surface area contributed by atoms with Gasteiger partial charge in [0, 0.05) is 0 Å². The molecule has 0 bridgehead atoms. The largest absolute Gasteiger partial charge is 0.497 e. The van der Waals surface area contributed by atoms with E-state index < -0.39 is 16.1 Å². The quantitative estimate of drug-likeness (QED) is 0.652. The average molecular weight is 408 g/mol. The number of rotatable bonds is 8. The minimum absolute atomic E-state index is 0.0199. The molecule has 2 aromatic carbocycles. The molecule has 2 N–H and O–H groups in total. The van der Waals surface area contributed by atoms with Gasteiger partial charge in [0.1, 0.15) is 31.5 Å². The lowest BCUT2D eigenvalue weighted by Gasteiger charge is -2.30. The molecule has 3 rings (SSSR count). The van der Waals surface area contributed by atoms with Crippen LogP contribution < -0.4 is 13.9 Å². The first kappa shape index (κ1) is 20.6. The number of nitrogens with zero attached hydrogens (tertiary/aromatic N) is 1. The number of quaternary nitrogens is 1. The first-order chi connectivity index (χ1) is 13.5. The van der Waals surface area contributed by atoms with Crippen molar-refractivity contribution in [1.29, 1.82) is 0 Å². The highest BCUT2D eigenvalue weighted by Crippen LogP contribution is 2.26. The monoisotopic (exact) mass is 407 g/mol. The predicted molar refractivity (Wildman–Crippen MR) is 106 cm³/mol. The predicted octanol–water partition coefficient (Wildman–Crippen LogP) is 0.167. The van der Waals surface area contributed by atoms with Crippen LogP contribution in [0.4, 0.5) is 5.69 Å². The minimum atomic E-state index is -3.81. The van der Waals surface area contributed by atoms with Crippen molar-refractivity contribution in [3.63, 3.8) is 0 Å². The SMILES string of the molecule is COc1ccc(N(C[C@@H](O)C[NH+]2CCOCC2)S(=O)(=O)c2ccccc2)cc1. The smallest absolute Gasteiger partial charge is 0.264 e. The van der Waals surface area contributed by atoms with Crippen LogP contribution in [0.5, 0.6) is 5.75 Å². The second kappa shape index (κ2) is 9.38. The van der Waals surface area contributed by atoms with E-state index in [0.717, 1.165) is 13.1 Å². The fourth-order valence-electron chi connectivity index (χ4n) is 3.26. The van der Waals surface area contributed by atoms with Crippen LogP contribution in [0.2, 0.25) is 0 Å². The second-order valence-electron chi connectivity index (χ2n) is 6.77. The summed E-state index contributed by atoms with van der Waals surface area (Å²) in [4.78, 5) is 1.40. The Hall–Kier alpha value is -2.13. The summed E-state index contributed by atoms with van der Waals surface area (Å²) in [6, 6.07) is 15.1. The van der Waals surface area contributed by atoms with E-state index in [1.54, 1.807) is 61.7 Å². The lowest BCUT2D eigenvalue weighted by atomic mass is 10.2. The molecule has 1 aliphatic heterocycles. The molecule has 1 saturated heterocycles. The van der Waals surface area contributed by atoms with Gasteiger partial charge < -0.3 is 19.5 Å². The molecule has 8 heteroatoms. The van der Waals surface area contributed by atoms with Crippen molar-refractivity contribution in [3.05, 3.63) is 54.6 Å². The zero-order valence-electron chi connectivity index (χ0n) is 16.0. The number of nitrogens with one attached hydrogen (secondary N) is 1. The number of hydrogen-bond donors (Lipinski definition) is 2. The number of hydrogen-bond acceptors (Lipinski definition) is 5. The Morgan fingerprint density at radius 1 is 1.11 bits per heavy atom. The topological polar surface area (TPSA) is 80.5 Å². The highest BCUT2D eigenvalue weighted by atomic mass is 32.2. The Morgan fingerprint density at radius 3 is 2.36 bits per heavy atom. The molecule has 0 unspecified atom stereocenters. The molecular weight excluding hydrogens is 380 g/mol. The van der Waals surface area contributed by atoms with E-state index in [1.807, 2.05) is 0 Å². The molecular formula is C20H27N2O5S+. The number of anilines is 1. The number of aliphatic hydroxyl groups is 1. The van der Waals surface area contributed by atoms with E-state index in [9.17, 15) is 13.5 Å². The fraction of sp³-hybridized carbons (Fsp3) is 0.400. The van der Waals surface area contributed by atoms with Gasteiger partial charge in [0.2, 0.25) is 0 Å². The van der Waals surface area contributed by atoms with Crippen molar-refractivity contribution in [2.24, 2.45) is 0 Å². The zero-order chi connectivity index (χ0) is 20.0. The van der Waals surface area contributed by atoms with Crippen molar-refractivity contribution >= 4 is 15.7 Å². The summed E-state index contributed by atoms with van der Waals surface area (Å²) >= 11 is 0. The highest BCUT2D eigenvalue weighted by molar-refractivity contribution is 7.92. The fourth-order valence-corrected chi connectivity index (χ4v) is 4.79. The van der Waals surface area contributed by atoms with Gasteiger partial charge >= 0.3 is 0 Å². The van der Waals surface area contributed by atoms with Gasteiger partial charge in [-0.25, -0.2) is 8.42 Å². The molecule has 152 valence electrons. The summed E-state index contributed by atoms with van der Waals surface area (Å²) < 4.78 is 38.3. The Kier molecular flexibility index (Phi) is 6.90. The van der Waals surface area contributed by atoms with E-state index in [0.29, 0.717) is 31.2 Å². The highest BCUT2D eigenvalue weighted by Gasteiger charge is 2.29. The van der Waals surface area contributed by atoms with Gasteiger partial charge in [0.15, 0.2) is 0 Å². The van der Waals surface area contributed by atoms with Crippen molar-refractivity contribution in [2.75, 3.05) is 50.8 Å². The normalized spacial score (nSPS) is 16.5. The Morgan fingerprint density at radius 2 is 1.75 bits per heavy atom. The molecule has 0 saturated carbocycles. The van der Waals surface area contributed by atoms with Crippen LogP contribution >= 0.6 is 0 Å². The standard InChI is InChI=1S/C20H26N2O5S/c1-26-19-9-7-17(8-10-19)22(28(24,25)20-5-3-2-4-6-20)16-18(23)15-21-11-13-27-14-12-21/h2-10,18,23H,11-16H2,1H3/p+1/t18-/m0/s1. The molecule has 0 amide bonds. The molecule has 28 heavy (non-hydrogen) atoms. The van der Waals surface area contributed by atoms with E-state index in [2.05, 4.69) is 0 Å². The van der Waals surface area contributed by atoms with Gasteiger partial charge in [-0.2, -0.15) is 0 Å². The lowest BCUT2D eigenvalue weighted by molar-refractivity contribution is -0.910. The third-order valence-corrected chi connectivity index (χ3v) is 6.60. The molecule has 1 fully saturated rings. The van der Waals surface area contributed by atoms with Gasteiger partial charge in [-0.1, -0.05) is 18.2 Å². The van der Waals surface area contributed by atoms with Crippen molar-refractivity contribution in [3.8, 4) is 5.75 Å². The van der Waals surface area contributed by atoms with E-state index in [-0.39, 0.29) is 11.4 Å². The maximum absolute atomic E-state index is 13.3. The molecule has 0 spiro atoms. The average Bonchev–Trinajstić information content (AvgIpc) is 2.73. The van der Waals surface area contributed by atoms with Crippen LogP contribution in [-0.2, 0) is 14.8 Å². The lowest BCUT2D eigenvalue weighted by Crippen LogP contribution is -3.15. The molecule has 0 aromatic heterocycles. The van der Waals surface area contributed by atoms with Crippen molar-refractivity contribution in [2.45, 2.75) is 11.0 Å². The van der Waals surface area contributed by atoms with Gasteiger partial charge in [0.05, 0.1) is 37.5 Å². The summed E-state index contributed by atoms with van der Waals surface area (Å²) in [7, 11) is -2.25. The molecule has 0 radical (unpaired) electrons. The van der Waals surface area contributed by atoms with Crippen LogP contribution in [0.1, 0.15) is 0 Å².